The van der Waals surface area contributed by atoms with Gasteiger partial charge >= 0.3 is 11.9 Å². The number of carbonyl (C=O) groups is 4. The van der Waals surface area contributed by atoms with Crippen LogP contribution in [-0.4, -0.2) is 30.4 Å². The van der Waals surface area contributed by atoms with Gasteiger partial charge in [-0.1, -0.05) is 29.8 Å². The fourth-order valence-electron chi connectivity index (χ4n) is 3.30. The third-order valence-corrected chi connectivity index (χ3v) is 5.36. The van der Waals surface area contributed by atoms with Crippen molar-refractivity contribution in [2.24, 2.45) is 0 Å². The van der Waals surface area contributed by atoms with Crippen LogP contribution in [0.3, 0.4) is 0 Å². The van der Waals surface area contributed by atoms with E-state index in [-0.39, 0.29) is 28.6 Å². The predicted octanol–water partition coefficient (Wildman–Crippen LogP) is 4.52. The van der Waals surface area contributed by atoms with Gasteiger partial charge < -0.3 is 14.8 Å². The Morgan fingerprint density at radius 1 is 0.829 bits per heavy atom. The largest absolute Gasteiger partial charge is 0.462 e. The molecule has 1 N–H and O–H groups in total. The van der Waals surface area contributed by atoms with Gasteiger partial charge in [-0.15, -0.1) is 0 Å². The second-order valence-electron chi connectivity index (χ2n) is 7.31. The lowest BCUT2D eigenvalue weighted by Gasteiger charge is -2.15. The summed E-state index contributed by atoms with van der Waals surface area (Å²) in [5.74, 6) is -1.98. The molecule has 3 aromatic rings. The van der Waals surface area contributed by atoms with Gasteiger partial charge in [-0.3, -0.25) is 9.59 Å². The van der Waals surface area contributed by atoms with E-state index in [4.69, 9.17) is 21.1 Å². The summed E-state index contributed by atoms with van der Waals surface area (Å²) in [6.45, 7) is 1.92. The summed E-state index contributed by atoms with van der Waals surface area (Å²) in [6, 6.07) is 20.7. The highest BCUT2D eigenvalue weighted by Crippen LogP contribution is 2.30. The third-order valence-electron chi connectivity index (χ3n) is 5.01. The molecule has 0 fully saturated rings. The van der Waals surface area contributed by atoms with Crippen LogP contribution in [-0.2, 0) is 14.3 Å². The number of para-hydroxylation sites is 1. The van der Waals surface area contributed by atoms with Crippen LogP contribution in [0.2, 0.25) is 0 Å². The summed E-state index contributed by atoms with van der Waals surface area (Å²) in [7, 11) is 0. The van der Waals surface area contributed by atoms with E-state index in [1.807, 2.05) is 6.07 Å². The van der Waals surface area contributed by atoms with Crippen molar-refractivity contribution < 1.29 is 28.7 Å². The summed E-state index contributed by atoms with van der Waals surface area (Å²) in [4.78, 5) is 50.7. The molecule has 8 nitrogen and oxygen atoms in total. The third kappa shape index (κ3) is 5.07. The molecule has 2 amide bonds. The van der Waals surface area contributed by atoms with Gasteiger partial charge in [-0.2, -0.15) is 0 Å². The molecule has 9 heteroatoms. The molecule has 1 aliphatic rings. The van der Waals surface area contributed by atoms with Gasteiger partial charge in [-0.05, 0) is 67.6 Å². The minimum Gasteiger partial charge on any atom is -0.462 e. The summed E-state index contributed by atoms with van der Waals surface area (Å²) in [6.07, 6.45) is 0. The van der Waals surface area contributed by atoms with Crippen molar-refractivity contribution in [3.63, 3.8) is 0 Å². The number of rotatable bonds is 7. The molecule has 0 unspecified atom stereocenters. The summed E-state index contributed by atoms with van der Waals surface area (Å²) in [5, 5.41) is 2.56. The molecule has 0 bridgehead atoms. The van der Waals surface area contributed by atoms with Crippen molar-refractivity contribution in [1.29, 1.82) is 0 Å². The average Bonchev–Trinajstić information content (AvgIpc) is 3.08. The number of nitrogens with one attached hydrogen (secondary N) is 1. The Morgan fingerprint density at radius 2 is 1.43 bits per heavy atom. The van der Waals surface area contributed by atoms with Gasteiger partial charge in [-0.25, -0.2) is 14.5 Å². The first-order valence-corrected chi connectivity index (χ1v) is 11.0. The van der Waals surface area contributed by atoms with Crippen LogP contribution in [0.1, 0.15) is 27.6 Å². The Morgan fingerprint density at radius 3 is 2.06 bits per heavy atom. The van der Waals surface area contributed by atoms with E-state index in [2.05, 4.69) is 5.32 Å². The first kappa shape index (κ1) is 23.7. The summed E-state index contributed by atoms with van der Waals surface area (Å²) >= 11 is 6.17. The highest BCUT2D eigenvalue weighted by Gasteiger charge is 2.39. The quantitative estimate of drug-likeness (QED) is 0.295. The van der Waals surface area contributed by atoms with E-state index in [9.17, 15) is 19.2 Å². The zero-order valence-corrected chi connectivity index (χ0v) is 19.2. The molecule has 0 saturated carbocycles. The Bertz CT molecular complexity index is 1320. The second kappa shape index (κ2) is 10.2. The maximum Gasteiger partial charge on any atom is 0.343 e. The lowest BCUT2D eigenvalue weighted by atomic mass is 10.2. The lowest BCUT2D eigenvalue weighted by molar-refractivity contribution is -0.120. The number of nitrogens with zero attached hydrogens (tertiary/aromatic N) is 1. The van der Waals surface area contributed by atoms with Crippen LogP contribution in [0.25, 0.3) is 0 Å². The number of carbonyl (C=O) groups excluding carboxylic acids is 4. The Hall–Kier alpha value is -4.43. The van der Waals surface area contributed by atoms with Crippen LogP contribution < -0.4 is 15.0 Å². The van der Waals surface area contributed by atoms with E-state index in [1.165, 1.54) is 36.4 Å². The molecule has 1 heterocycles. The van der Waals surface area contributed by atoms with E-state index >= 15 is 0 Å². The number of amides is 2. The Balaban J connectivity index is 1.46. The smallest absolute Gasteiger partial charge is 0.343 e. The molecule has 0 atom stereocenters. The number of ether oxygens (including phenoxy) is 2. The fourth-order valence-corrected chi connectivity index (χ4v) is 3.51. The van der Waals surface area contributed by atoms with Crippen LogP contribution >= 0.6 is 11.6 Å². The number of halogens is 1. The van der Waals surface area contributed by atoms with E-state index in [1.54, 1.807) is 43.3 Å². The highest BCUT2D eigenvalue weighted by molar-refractivity contribution is 6.53. The zero-order chi connectivity index (χ0) is 24.9. The molecule has 4 rings (SSSR count). The lowest BCUT2D eigenvalue weighted by Crippen LogP contribution is -2.32. The van der Waals surface area contributed by atoms with Gasteiger partial charge in [0.1, 0.15) is 16.5 Å². The van der Waals surface area contributed by atoms with E-state index in [0.29, 0.717) is 17.0 Å². The molecular formula is C26H19ClN2O6. The van der Waals surface area contributed by atoms with E-state index < -0.39 is 23.8 Å². The van der Waals surface area contributed by atoms with Crippen molar-refractivity contribution in [1.82, 2.24) is 0 Å². The predicted molar refractivity (Wildman–Crippen MR) is 129 cm³/mol. The molecule has 176 valence electrons. The minimum absolute atomic E-state index is 0.106. The second-order valence-corrected chi connectivity index (χ2v) is 7.68. The van der Waals surface area contributed by atoms with E-state index in [0.717, 1.165) is 4.90 Å². The number of imide groups is 1. The van der Waals surface area contributed by atoms with Crippen molar-refractivity contribution in [2.75, 3.05) is 16.8 Å². The maximum atomic E-state index is 13.0. The maximum absolute atomic E-state index is 13.0. The average molecular weight is 491 g/mol. The molecule has 0 aromatic heterocycles. The topological polar surface area (TPSA) is 102 Å². The van der Waals surface area contributed by atoms with Crippen LogP contribution in [0, 0.1) is 0 Å². The minimum atomic E-state index is -0.703. The molecule has 0 radical (unpaired) electrons. The zero-order valence-electron chi connectivity index (χ0n) is 18.5. The standard InChI is InChI=1S/C26H19ClN2O6/c1-2-34-25(32)16-10-14-19(15-11-16)29-23(30)21(27)22(24(29)31)28-18-12-8-17(9-13-18)26(33)35-20-6-4-3-5-7-20/h3-15,28H,2H2,1H3. The molecule has 35 heavy (non-hydrogen) atoms. The molecule has 3 aromatic carbocycles. The van der Waals surface area contributed by atoms with Crippen molar-refractivity contribution in [3.8, 4) is 5.75 Å². The number of anilines is 2. The van der Waals surface area contributed by atoms with Crippen molar-refractivity contribution >= 4 is 46.7 Å². The summed E-state index contributed by atoms with van der Waals surface area (Å²) < 4.78 is 10.2. The molecule has 0 aliphatic carbocycles. The van der Waals surface area contributed by atoms with Crippen LogP contribution in [0.4, 0.5) is 11.4 Å². The molecular weight excluding hydrogens is 472 g/mol. The number of esters is 2. The monoisotopic (exact) mass is 490 g/mol. The normalized spacial score (nSPS) is 13.1. The first-order valence-electron chi connectivity index (χ1n) is 10.6. The SMILES string of the molecule is CCOC(=O)c1ccc(N2C(=O)C(Cl)=C(Nc3ccc(C(=O)Oc4ccccc4)cc3)C2=O)cc1. The number of benzene rings is 3. The fraction of sp³-hybridized carbons (Fsp3) is 0.0769. The van der Waals surface area contributed by atoms with Gasteiger partial charge in [0.15, 0.2) is 0 Å². The summed E-state index contributed by atoms with van der Waals surface area (Å²) in [5.41, 5.74) is 1.18. The molecule has 0 saturated heterocycles. The first-order chi connectivity index (χ1) is 16.9. The van der Waals surface area contributed by atoms with Gasteiger partial charge in [0.25, 0.3) is 11.8 Å². The van der Waals surface area contributed by atoms with Gasteiger partial charge in [0, 0.05) is 5.69 Å². The van der Waals surface area contributed by atoms with Gasteiger partial charge in [0.05, 0.1) is 23.4 Å². The Kier molecular flexibility index (Phi) is 6.93. The van der Waals surface area contributed by atoms with Crippen LogP contribution in [0.5, 0.6) is 5.75 Å². The number of hydrogen-bond acceptors (Lipinski definition) is 7. The van der Waals surface area contributed by atoms with Gasteiger partial charge in [0.2, 0.25) is 0 Å². The van der Waals surface area contributed by atoms with Crippen molar-refractivity contribution in [3.05, 3.63) is 101 Å². The molecule has 1 aliphatic heterocycles. The number of hydrogen-bond donors (Lipinski definition) is 1. The van der Waals surface area contributed by atoms with Crippen molar-refractivity contribution in [2.45, 2.75) is 6.92 Å². The Labute approximate surface area is 205 Å². The molecule has 0 spiro atoms. The van der Waals surface area contributed by atoms with Crippen LogP contribution in [0.15, 0.2) is 89.6 Å². The highest BCUT2D eigenvalue weighted by atomic mass is 35.5.